The van der Waals surface area contributed by atoms with Crippen LogP contribution in [0.5, 0.6) is 0 Å². The Kier molecular flexibility index (Phi) is 9.03. The van der Waals surface area contributed by atoms with Gasteiger partial charge in [-0.2, -0.15) is 0 Å². The number of halogens is 2. The molecule has 0 aromatic heterocycles. The SMILES string of the molecule is CC1=CC2=C(C=CC(C)C=C2)[CH]1[Zr+2]([CH]1C(C)=CC2=C1C=CC(C)C=C2)=[Si](C)C.[Cl-].[Cl-]. The van der Waals surface area contributed by atoms with Crippen molar-refractivity contribution in [2.24, 2.45) is 11.8 Å². The van der Waals surface area contributed by atoms with E-state index in [9.17, 15) is 0 Å². The van der Waals surface area contributed by atoms with E-state index in [1.807, 2.05) is 0 Å². The fraction of sp³-hybridized carbons (Fsp3) is 0.385. The van der Waals surface area contributed by atoms with Crippen molar-refractivity contribution >= 4 is 5.43 Å². The molecule has 4 atom stereocenters. The fourth-order valence-corrected chi connectivity index (χ4v) is 25.8. The molecule has 0 nitrogen and oxygen atoms in total. The molecule has 4 rings (SSSR count). The molecule has 158 valence electrons. The van der Waals surface area contributed by atoms with Crippen molar-refractivity contribution in [2.75, 3.05) is 0 Å². The molecule has 30 heavy (non-hydrogen) atoms. The van der Waals surface area contributed by atoms with Gasteiger partial charge in [-0.15, -0.1) is 0 Å². The van der Waals surface area contributed by atoms with Crippen LogP contribution in [0.2, 0.25) is 20.3 Å². The number of allylic oxidation sites excluding steroid dienone is 16. The molecular formula is C26H32Cl2SiZr. The van der Waals surface area contributed by atoms with Crippen LogP contribution in [0.25, 0.3) is 0 Å². The van der Waals surface area contributed by atoms with E-state index in [1.165, 1.54) is 11.1 Å². The number of rotatable bonds is 2. The van der Waals surface area contributed by atoms with Crippen LogP contribution in [-0.4, -0.2) is 5.43 Å². The van der Waals surface area contributed by atoms with Crippen LogP contribution in [0.3, 0.4) is 0 Å². The topological polar surface area (TPSA) is 0 Å². The van der Waals surface area contributed by atoms with E-state index in [-0.39, 0.29) is 30.2 Å². The Hall–Kier alpha value is -0.400. The van der Waals surface area contributed by atoms with Crippen molar-refractivity contribution in [3.63, 3.8) is 0 Å². The van der Waals surface area contributed by atoms with E-state index in [4.69, 9.17) is 0 Å². The zero-order valence-electron chi connectivity index (χ0n) is 18.8. The Morgan fingerprint density at radius 1 is 0.667 bits per heavy atom. The van der Waals surface area contributed by atoms with Crippen molar-refractivity contribution in [1.82, 2.24) is 0 Å². The molecule has 0 spiro atoms. The molecule has 0 amide bonds. The molecule has 0 aromatic rings. The second-order valence-corrected chi connectivity index (χ2v) is 26.9. The van der Waals surface area contributed by atoms with Crippen LogP contribution in [0, 0.1) is 11.8 Å². The van der Waals surface area contributed by atoms with Gasteiger partial charge in [0, 0.05) is 0 Å². The second-order valence-electron chi connectivity index (χ2n) is 9.07. The van der Waals surface area contributed by atoms with Crippen molar-refractivity contribution in [1.29, 1.82) is 0 Å². The minimum Gasteiger partial charge on any atom is -1.00 e. The summed E-state index contributed by atoms with van der Waals surface area (Å²) in [6.45, 7) is 14.6. The van der Waals surface area contributed by atoms with Crippen LogP contribution in [-0.2, 0) is 20.4 Å². The maximum Gasteiger partial charge on any atom is -1.00 e. The summed E-state index contributed by atoms with van der Waals surface area (Å²) in [6.07, 6.45) is 24.3. The Labute approximate surface area is 203 Å². The maximum atomic E-state index is 2.61. The van der Waals surface area contributed by atoms with Gasteiger partial charge in [0.15, 0.2) is 0 Å². The third-order valence-electron chi connectivity index (χ3n) is 6.48. The average Bonchev–Trinajstić information content (AvgIpc) is 2.95. The van der Waals surface area contributed by atoms with Gasteiger partial charge in [-0.05, 0) is 0 Å². The summed E-state index contributed by atoms with van der Waals surface area (Å²) in [5.74, 6) is 1.08. The summed E-state index contributed by atoms with van der Waals surface area (Å²) >= 11 is -1.86. The minimum atomic E-state index is -1.86. The van der Waals surface area contributed by atoms with Crippen molar-refractivity contribution < 1.29 is 45.2 Å². The number of hydrogen-bond acceptors (Lipinski definition) is 0. The van der Waals surface area contributed by atoms with E-state index >= 15 is 0 Å². The summed E-state index contributed by atoms with van der Waals surface area (Å²) < 4.78 is 1.48. The standard InChI is InChI=1S/2C12H13.C2H6Si.2ClH.Zr/c2*1-9-3-5-11-7-10(2)8-12(11)6-4-9;1-3-2;;;/h2*3-9H,1-2H3;1-2H3;2*1H;/q;;;;;+2/p-2. The molecule has 4 heteroatoms. The van der Waals surface area contributed by atoms with Crippen molar-refractivity contribution in [3.8, 4) is 0 Å². The largest absolute Gasteiger partial charge is 1.00 e. The summed E-state index contributed by atoms with van der Waals surface area (Å²) in [6, 6.07) is 0. The van der Waals surface area contributed by atoms with Gasteiger partial charge >= 0.3 is 180 Å². The molecule has 4 aliphatic rings. The van der Waals surface area contributed by atoms with Gasteiger partial charge in [0.05, 0.1) is 0 Å². The van der Waals surface area contributed by atoms with E-state index < -0.39 is 20.4 Å². The average molecular weight is 535 g/mol. The maximum absolute atomic E-state index is 2.61. The van der Waals surface area contributed by atoms with E-state index in [1.54, 1.807) is 22.3 Å². The Morgan fingerprint density at radius 2 is 1.03 bits per heavy atom. The van der Waals surface area contributed by atoms with Crippen molar-refractivity contribution in [2.45, 2.75) is 48.0 Å². The third kappa shape index (κ3) is 4.83. The first-order valence-electron chi connectivity index (χ1n) is 10.6. The molecule has 0 N–H and O–H groups in total. The number of hydrogen-bond donors (Lipinski definition) is 0. The summed E-state index contributed by atoms with van der Waals surface area (Å²) in [4.78, 5) is 0. The molecule has 0 aliphatic heterocycles. The minimum absolute atomic E-state index is 0. The van der Waals surface area contributed by atoms with Crippen LogP contribution in [0.15, 0.2) is 94.2 Å². The smallest absolute Gasteiger partial charge is 1.00 e. The quantitative estimate of drug-likeness (QED) is 0.471. The summed E-state index contributed by atoms with van der Waals surface area (Å²) in [5.41, 5.74) is 9.21. The summed E-state index contributed by atoms with van der Waals surface area (Å²) in [5, 5.41) is 0. The molecule has 0 aromatic carbocycles. The van der Waals surface area contributed by atoms with E-state index in [2.05, 4.69) is 102 Å². The van der Waals surface area contributed by atoms with Crippen molar-refractivity contribution in [3.05, 3.63) is 94.2 Å². The Balaban J connectivity index is 0.00000160. The molecule has 4 aliphatic carbocycles. The van der Waals surface area contributed by atoms with Crippen LogP contribution in [0.1, 0.15) is 27.7 Å². The third-order valence-corrected chi connectivity index (χ3v) is 26.4. The van der Waals surface area contributed by atoms with Gasteiger partial charge in [-0.1, -0.05) is 0 Å². The van der Waals surface area contributed by atoms with Gasteiger partial charge in [0.1, 0.15) is 0 Å². The van der Waals surface area contributed by atoms with Crippen LogP contribution in [0.4, 0.5) is 0 Å². The van der Waals surface area contributed by atoms with Gasteiger partial charge in [0.25, 0.3) is 0 Å². The van der Waals surface area contributed by atoms with Gasteiger partial charge in [0.2, 0.25) is 0 Å². The zero-order valence-corrected chi connectivity index (χ0v) is 23.8. The van der Waals surface area contributed by atoms with Gasteiger partial charge < -0.3 is 24.8 Å². The molecule has 4 unspecified atom stereocenters. The second kappa shape index (κ2) is 10.5. The normalized spacial score (nSPS) is 28.4. The Morgan fingerprint density at radius 3 is 1.40 bits per heavy atom. The first-order chi connectivity index (χ1) is 13.4. The van der Waals surface area contributed by atoms with Gasteiger partial charge in [-0.3, -0.25) is 0 Å². The Bertz CT molecular complexity index is 920. The van der Waals surface area contributed by atoms with E-state index in [0.717, 1.165) is 7.25 Å². The van der Waals surface area contributed by atoms with Crippen LogP contribution >= 0.6 is 0 Å². The molecule has 0 saturated carbocycles. The monoisotopic (exact) mass is 532 g/mol. The van der Waals surface area contributed by atoms with Gasteiger partial charge in [-0.25, -0.2) is 0 Å². The first kappa shape index (κ1) is 25.9. The fourth-order valence-electron chi connectivity index (χ4n) is 5.04. The predicted octanol–water partition coefficient (Wildman–Crippen LogP) is 1.48. The first-order valence-corrected chi connectivity index (χ1v) is 19.6. The predicted molar refractivity (Wildman–Crippen MR) is 121 cm³/mol. The van der Waals surface area contributed by atoms with Crippen LogP contribution < -0.4 is 24.8 Å². The molecule has 0 heterocycles. The molecule has 0 radical (unpaired) electrons. The molecule has 0 bridgehead atoms. The molecule has 0 fully saturated rings. The zero-order chi connectivity index (χ0) is 20.0. The molecule has 0 saturated heterocycles. The molecular weight excluding hydrogens is 503 g/mol. The summed E-state index contributed by atoms with van der Waals surface area (Å²) in [7, 11) is 0. The van der Waals surface area contributed by atoms with E-state index in [0.29, 0.717) is 11.8 Å².